The summed E-state index contributed by atoms with van der Waals surface area (Å²) in [5.41, 5.74) is 1.64. The Morgan fingerprint density at radius 3 is 1.21 bits per heavy atom. The molecule has 0 fully saturated rings. The van der Waals surface area contributed by atoms with Crippen LogP contribution in [-0.2, 0) is 38.1 Å². The summed E-state index contributed by atoms with van der Waals surface area (Å²) in [5.74, 6) is -3.43. The van der Waals surface area contributed by atoms with Gasteiger partial charge in [0.15, 0.2) is 12.2 Å². The Kier molecular flexibility index (Phi) is 16.5. The highest BCUT2D eigenvalue weighted by Crippen LogP contribution is 2.18. The Morgan fingerprint density at radius 2 is 0.885 bits per heavy atom. The van der Waals surface area contributed by atoms with E-state index in [1.54, 1.807) is 48.5 Å². The second-order valence-electron chi connectivity index (χ2n) is 11.4. The van der Waals surface area contributed by atoms with Gasteiger partial charge in [-0.2, -0.15) is 0 Å². The molecule has 3 rings (SSSR count). The molecular weight excluding hydrogens is 672 g/mol. The normalized spacial score (nSPS) is 12.1. The minimum Gasteiger partial charge on any atom is -0.463 e. The first-order chi connectivity index (χ1) is 25.0. The zero-order valence-electron chi connectivity index (χ0n) is 29.5. The third-order valence-electron chi connectivity index (χ3n) is 7.10. The molecule has 0 aromatic heterocycles. The molecule has 274 valence electrons. The van der Waals surface area contributed by atoms with Gasteiger partial charge < -0.3 is 28.4 Å². The lowest BCUT2D eigenvalue weighted by molar-refractivity contribution is -0.163. The van der Waals surface area contributed by atoms with Gasteiger partial charge in [-0.1, -0.05) is 51.0 Å². The Hall–Kier alpha value is -6.04. The molecule has 0 bridgehead atoms. The van der Waals surface area contributed by atoms with E-state index in [1.165, 1.54) is 62.4 Å². The van der Waals surface area contributed by atoms with Gasteiger partial charge in [-0.3, -0.25) is 0 Å². The van der Waals surface area contributed by atoms with Crippen molar-refractivity contribution in [3.05, 3.63) is 107 Å². The quantitative estimate of drug-likeness (QED) is 0.0452. The second-order valence-corrected chi connectivity index (χ2v) is 11.4. The van der Waals surface area contributed by atoms with Crippen LogP contribution in [-0.4, -0.2) is 61.2 Å². The van der Waals surface area contributed by atoms with Gasteiger partial charge in [0.1, 0.15) is 11.5 Å². The number of hydrogen-bond acceptors (Lipinski definition) is 12. The van der Waals surface area contributed by atoms with Crippen LogP contribution in [0.4, 0.5) is 0 Å². The minimum atomic E-state index is -1.03. The molecule has 0 spiro atoms. The molecule has 0 aliphatic heterocycles. The van der Waals surface area contributed by atoms with Gasteiger partial charge in [0.05, 0.1) is 24.3 Å². The molecule has 3 aromatic carbocycles. The van der Waals surface area contributed by atoms with Gasteiger partial charge in [-0.15, -0.1) is 0 Å². The number of hydrogen-bond donors (Lipinski definition) is 0. The first-order valence-corrected chi connectivity index (χ1v) is 16.8. The number of unbranched alkanes of at least 4 members (excludes halogenated alkanes) is 2. The van der Waals surface area contributed by atoms with Gasteiger partial charge in [-0.05, 0) is 98.5 Å². The second kappa shape index (κ2) is 21.2. The van der Waals surface area contributed by atoms with E-state index in [0.29, 0.717) is 11.1 Å². The molecule has 3 aromatic rings. The monoisotopic (exact) mass is 714 g/mol. The lowest BCUT2D eigenvalue weighted by atomic mass is 10.1. The number of esters is 6. The summed E-state index contributed by atoms with van der Waals surface area (Å²) in [5, 5.41) is 0. The predicted molar refractivity (Wildman–Crippen MR) is 190 cm³/mol. The summed E-state index contributed by atoms with van der Waals surface area (Å²) < 4.78 is 31.0. The number of carbonyl (C=O) groups is 6. The molecule has 0 aliphatic rings. The Labute approximate surface area is 302 Å². The van der Waals surface area contributed by atoms with Crippen LogP contribution in [0.5, 0.6) is 11.5 Å². The van der Waals surface area contributed by atoms with Crippen molar-refractivity contribution < 1.29 is 57.2 Å². The lowest BCUT2D eigenvalue weighted by Crippen LogP contribution is -2.25. The maximum absolute atomic E-state index is 12.7. The summed E-state index contributed by atoms with van der Waals surface area (Å²) >= 11 is 0. The van der Waals surface area contributed by atoms with Crippen molar-refractivity contribution >= 4 is 48.0 Å². The first kappa shape index (κ1) is 40.4. The Bertz CT molecular complexity index is 1590. The molecule has 0 radical (unpaired) electrons. The van der Waals surface area contributed by atoms with Crippen LogP contribution < -0.4 is 9.47 Å². The summed E-state index contributed by atoms with van der Waals surface area (Å²) in [6.07, 6.45) is 6.47. The number of benzene rings is 3. The smallest absolute Gasteiger partial charge is 0.347 e. The molecule has 0 unspecified atom stereocenters. The molecule has 0 saturated carbocycles. The van der Waals surface area contributed by atoms with E-state index in [-0.39, 0.29) is 35.8 Å². The number of rotatable bonds is 18. The van der Waals surface area contributed by atoms with Gasteiger partial charge >= 0.3 is 35.8 Å². The summed E-state index contributed by atoms with van der Waals surface area (Å²) in [4.78, 5) is 73.2. The molecule has 0 heterocycles. The van der Waals surface area contributed by atoms with E-state index >= 15 is 0 Å². The van der Waals surface area contributed by atoms with Crippen LogP contribution in [0.25, 0.3) is 12.2 Å². The topological polar surface area (TPSA) is 158 Å². The van der Waals surface area contributed by atoms with Gasteiger partial charge in [0.25, 0.3) is 0 Å². The van der Waals surface area contributed by atoms with Crippen molar-refractivity contribution in [1.82, 2.24) is 0 Å². The largest absolute Gasteiger partial charge is 0.463 e. The number of ether oxygens (including phenoxy) is 6. The zero-order valence-corrected chi connectivity index (χ0v) is 29.5. The standard InChI is InChI=1S/C40H42O12/c1-5-7-25-47-37(43)27(3)49-35(41)23-13-29-9-19-33(20-10-29)51-39(45)31-15-17-32(18-16-31)40(46)52-34-21-11-30(12-22-34)14-24-36(42)50-28(4)38(44)48-26-8-6-2/h9-24,27-28H,5-8,25-26H2,1-4H3/b23-13+,24-14+/t27-,28-/m1/s1. The van der Waals surface area contributed by atoms with Crippen molar-refractivity contribution in [2.24, 2.45) is 0 Å². The third-order valence-corrected chi connectivity index (χ3v) is 7.10. The van der Waals surface area contributed by atoms with Crippen LogP contribution in [0.15, 0.2) is 84.9 Å². The average Bonchev–Trinajstić information content (AvgIpc) is 3.14. The highest BCUT2D eigenvalue weighted by atomic mass is 16.6. The molecule has 52 heavy (non-hydrogen) atoms. The number of carbonyl (C=O) groups excluding carboxylic acids is 6. The molecular formula is C40H42O12. The predicted octanol–water partition coefficient (Wildman–Crippen LogP) is 6.70. The van der Waals surface area contributed by atoms with Crippen molar-refractivity contribution in [3.8, 4) is 11.5 Å². The van der Waals surface area contributed by atoms with E-state index in [0.717, 1.165) is 25.7 Å². The molecule has 12 heteroatoms. The molecule has 12 nitrogen and oxygen atoms in total. The lowest BCUT2D eigenvalue weighted by Gasteiger charge is -2.11. The molecule has 0 aliphatic carbocycles. The van der Waals surface area contributed by atoms with Crippen LogP contribution >= 0.6 is 0 Å². The summed E-state index contributed by atoms with van der Waals surface area (Å²) in [7, 11) is 0. The van der Waals surface area contributed by atoms with Crippen molar-refractivity contribution in [3.63, 3.8) is 0 Å². The van der Waals surface area contributed by atoms with E-state index in [9.17, 15) is 28.8 Å². The van der Waals surface area contributed by atoms with Crippen LogP contribution in [0.2, 0.25) is 0 Å². The fraction of sp³-hybridized carbons (Fsp3) is 0.300. The van der Waals surface area contributed by atoms with Crippen molar-refractivity contribution in [2.45, 2.75) is 65.6 Å². The maximum Gasteiger partial charge on any atom is 0.347 e. The van der Waals surface area contributed by atoms with E-state index in [4.69, 9.17) is 28.4 Å². The molecule has 2 atom stereocenters. The van der Waals surface area contributed by atoms with E-state index < -0.39 is 48.0 Å². The van der Waals surface area contributed by atoms with Gasteiger partial charge in [0.2, 0.25) is 0 Å². The van der Waals surface area contributed by atoms with Crippen LogP contribution in [0.1, 0.15) is 85.2 Å². The molecule has 0 saturated heterocycles. The van der Waals surface area contributed by atoms with Crippen LogP contribution in [0.3, 0.4) is 0 Å². The van der Waals surface area contributed by atoms with Crippen LogP contribution in [0, 0.1) is 0 Å². The fourth-order valence-electron chi connectivity index (χ4n) is 4.09. The molecule has 0 amide bonds. The first-order valence-electron chi connectivity index (χ1n) is 16.8. The minimum absolute atomic E-state index is 0.197. The van der Waals surface area contributed by atoms with Crippen molar-refractivity contribution in [2.75, 3.05) is 13.2 Å². The third kappa shape index (κ3) is 14.1. The highest BCUT2D eigenvalue weighted by Gasteiger charge is 2.19. The van der Waals surface area contributed by atoms with Gasteiger partial charge in [-0.25, -0.2) is 28.8 Å². The Balaban J connectivity index is 1.45. The Morgan fingerprint density at radius 1 is 0.538 bits per heavy atom. The average molecular weight is 715 g/mol. The maximum atomic E-state index is 12.7. The molecule has 0 N–H and O–H groups in total. The van der Waals surface area contributed by atoms with E-state index in [1.807, 2.05) is 13.8 Å². The van der Waals surface area contributed by atoms with Crippen molar-refractivity contribution in [1.29, 1.82) is 0 Å². The highest BCUT2D eigenvalue weighted by molar-refractivity contribution is 5.95. The SMILES string of the molecule is CCCCOC(=O)[C@@H](C)OC(=O)/C=C/c1ccc(OC(=O)c2ccc(C(=O)Oc3ccc(/C=C/C(=O)O[C@H](C)C(=O)OCCCC)cc3)cc2)cc1. The zero-order chi connectivity index (χ0) is 37.9. The summed E-state index contributed by atoms with van der Waals surface area (Å²) in [6, 6.07) is 18.4. The van der Waals surface area contributed by atoms with E-state index in [2.05, 4.69) is 0 Å². The van der Waals surface area contributed by atoms with Gasteiger partial charge in [0, 0.05) is 12.2 Å². The fourth-order valence-corrected chi connectivity index (χ4v) is 4.09. The summed E-state index contributed by atoms with van der Waals surface area (Å²) in [6.45, 7) is 7.35.